The lowest BCUT2D eigenvalue weighted by atomic mass is 9.97. The summed E-state index contributed by atoms with van der Waals surface area (Å²) in [5, 5.41) is 6.12. The minimum Gasteiger partial charge on any atom is -0.465 e. The molecule has 1 amide bonds. The van der Waals surface area contributed by atoms with Gasteiger partial charge in [-0.2, -0.15) is 0 Å². The van der Waals surface area contributed by atoms with Crippen LogP contribution in [0.15, 0.2) is 35.9 Å². The highest BCUT2D eigenvalue weighted by atomic mass is 16.5. The van der Waals surface area contributed by atoms with Crippen molar-refractivity contribution in [2.45, 2.75) is 38.5 Å². The van der Waals surface area contributed by atoms with Crippen molar-refractivity contribution in [2.75, 3.05) is 25.5 Å². The van der Waals surface area contributed by atoms with Gasteiger partial charge in [0.05, 0.1) is 12.7 Å². The van der Waals surface area contributed by atoms with Crippen molar-refractivity contribution in [2.24, 2.45) is 0 Å². The molecule has 0 heterocycles. The summed E-state index contributed by atoms with van der Waals surface area (Å²) in [7, 11) is 1.34. The van der Waals surface area contributed by atoms with E-state index in [0.29, 0.717) is 24.2 Å². The van der Waals surface area contributed by atoms with Gasteiger partial charge in [-0.3, -0.25) is 4.79 Å². The predicted molar refractivity (Wildman–Crippen MR) is 95.1 cm³/mol. The topological polar surface area (TPSA) is 67.4 Å². The number of nitrogens with one attached hydrogen (secondary N) is 2. The largest absolute Gasteiger partial charge is 0.465 e. The van der Waals surface area contributed by atoms with Crippen LogP contribution in [0.25, 0.3) is 0 Å². The molecule has 1 aliphatic carbocycles. The number of hydrogen-bond acceptors (Lipinski definition) is 4. The van der Waals surface area contributed by atoms with Crippen molar-refractivity contribution in [3.8, 4) is 0 Å². The van der Waals surface area contributed by atoms with Crippen molar-refractivity contribution >= 4 is 17.6 Å². The Kier molecular flexibility index (Phi) is 7.49. The molecule has 2 N–H and O–H groups in total. The first kappa shape index (κ1) is 18.2. The molecule has 0 aliphatic heterocycles. The number of carbonyl (C=O) groups excluding carboxylic acids is 2. The van der Waals surface area contributed by atoms with Crippen LogP contribution in [-0.2, 0) is 9.53 Å². The van der Waals surface area contributed by atoms with Crippen LogP contribution in [0, 0.1) is 0 Å². The predicted octanol–water partition coefficient (Wildman–Crippen LogP) is 3.28. The third kappa shape index (κ3) is 6.16. The average molecular weight is 330 g/mol. The summed E-state index contributed by atoms with van der Waals surface area (Å²) in [4.78, 5) is 23.4. The minimum absolute atomic E-state index is 0.0682. The third-order valence-electron chi connectivity index (χ3n) is 4.10. The standard InChI is InChI=1S/C19H26N2O3/c1-24-19(23)16-8-5-9-17(14-16)21-18(22)11-13-20-12-10-15-6-3-2-4-7-15/h5-6,8-9,14,20H,2-4,7,10-13H2,1H3,(H,21,22). The second-order valence-electron chi connectivity index (χ2n) is 5.98. The number of methoxy groups -OCH3 is 1. The summed E-state index contributed by atoms with van der Waals surface area (Å²) in [5.41, 5.74) is 2.57. The number of ether oxygens (including phenoxy) is 1. The maximum atomic E-state index is 11.9. The van der Waals surface area contributed by atoms with E-state index in [2.05, 4.69) is 21.4 Å². The molecule has 0 atom stereocenters. The van der Waals surface area contributed by atoms with Crippen molar-refractivity contribution in [3.63, 3.8) is 0 Å². The molecule has 0 saturated heterocycles. The fraction of sp³-hybridized carbons (Fsp3) is 0.474. The number of amides is 1. The van der Waals surface area contributed by atoms with Crippen molar-refractivity contribution in [1.29, 1.82) is 0 Å². The van der Waals surface area contributed by atoms with Crippen molar-refractivity contribution in [1.82, 2.24) is 5.32 Å². The normalized spacial score (nSPS) is 14.0. The highest BCUT2D eigenvalue weighted by Crippen LogP contribution is 2.19. The van der Waals surface area contributed by atoms with Crippen LogP contribution in [0.4, 0.5) is 5.69 Å². The first-order valence-electron chi connectivity index (χ1n) is 8.56. The van der Waals surface area contributed by atoms with E-state index in [1.165, 1.54) is 38.4 Å². The van der Waals surface area contributed by atoms with Crippen LogP contribution < -0.4 is 10.6 Å². The van der Waals surface area contributed by atoms with Crippen LogP contribution in [0.2, 0.25) is 0 Å². The second-order valence-corrected chi connectivity index (χ2v) is 5.98. The zero-order valence-corrected chi connectivity index (χ0v) is 14.3. The molecule has 0 spiro atoms. The van der Waals surface area contributed by atoms with Gasteiger partial charge in [0, 0.05) is 18.7 Å². The van der Waals surface area contributed by atoms with Gasteiger partial charge >= 0.3 is 5.97 Å². The Labute approximate surface area is 143 Å². The van der Waals surface area contributed by atoms with Crippen LogP contribution in [0.1, 0.15) is 48.9 Å². The average Bonchev–Trinajstić information content (AvgIpc) is 2.62. The summed E-state index contributed by atoms with van der Waals surface area (Å²) >= 11 is 0. The molecule has 1 aliphatic rings. The Morgan fingerprint density at radius 1 is 1.21 bits per heavy atom. The molecule has 1 aromatic carbocycles. The Balaban J connectivity index is 1.66. The van der Waals surface area contributed by atoms with E-state index < -0.39 is 5.97 Å². The molecule has 24 heavy (non-hydrogen) atoms. The van der Waals surface area contributed by atoms with Gasteiger partial charge in [0.1, 0.15) is 0 Å². The minimum atomic E-state index is -0.412. The number of carbonyl (C=O) groups is 2. The second kappa shape index (κ2) is 9.88. The van der Waals surface area contributed by atoms with Crippen LogP contribution in [0.5, 0.6) is 0 Å². The molecule has 0 unspecified atom stereocenters. The molecule has 2 rings (SSSR count). The maximum absolute atomic E-state index is 11.9. The molecule has 0 aromatic heterocycles. The van der Waals surface area contributed by atoms with Gasteiger partial charge in [0.15, 0.2) is 0 Å². The zero-order valence-electron chi connectivity index (χ0n) is 14.3. The lowest BCUT2D eigenvalue weighted by Gasteiger charge is -2.13. The first-order chi connectivity index (χ1) is 11.7. The summed E-state index contributed by atoms with van der Waals surface area (Å²) in [6.45, 7) is 1.56. The number of anilines is 1. The lowest BCUT2D eigenvalue weighted by molar-refractivity contribution is -0.116. The van der Waals surface area contributed by atoms with E-state index >= 15 is 0 Å². The smallest absolute Gasteiger partial charge is 0.337 e. The highest BCUT2D eigenvalue weighted by Gasteiger charge is 2.08. The number of esters is 1. The fourth-order valence-electron chi connectivity index (χ4n) is 2.77. The molecule has 0 bridgehead atoms. The van der Waals surface area contributed by atoms with Gasteiger partial charge in [0.25, 0.3) is 0 Å². The highest BCUT2D eigenvalue weighted by molar-refractivity contribution is 5.94. The Hall–Kier alpha value is -2.14. The van der Waals surface area contributed by atoms with Gasteiger partial charge in [0.2, 0.25) is 5.91 Å². The summed E-state index contributed by atoms with van der Waals surface area (Å²) in [5.74, 6) is -0.480. The van der Waals surface area contributed by atoms with E-state index in [4.69, 9.17) is 0 Å². The number of benzene rings is 1. The van der Waals surface area contributed by atoms with Gasteiger partial charge in [-0.05, 0) is 56.8 Å². The monoisotopic (exact) mass is 330 g/mol. The quantitative estimate of drug-likeness (QED) is 0.436. The van der Waals surface area contributed by atoms with E-state index in [9.17, 15) is 9.59 Å². The van der Waals surface area contributed by atoms with E-state index in [-0.39, 0.29) is 5.91 Å². The van der Waals surface area contributed by atoms with E-state index in [0.717, 1.165) is 13.0 Å². The fourth-order valence-corrected chi connectivity index (χ4v) is 2.77. The molecular weight excluding hydrogens is 304 g/mol. The molecule has 5 heteroatoms. The van der Waals surface area contributed by atoms with Gasteiger partial charge < -0.3 is 15.4 Å². The molecular formula is C19H26N2O3. The zero-order chi connectivity index (χ0) is 17.2. The van der Waals surface area contributed by atoms with Gasteiger partial charge in [-0.15, -0.1) is 0 Å². The van der Waals surface area contributed by atoms with E-state index in [1.807, 2.05) is 0 Å². The summed E-state index contributed by atoms with van der Waals surface area (Å²) < 4.78 is 4.67. The van der Waals surface area contributed by atoms with Crippen molar-refractivity contribution in [3.05, 3.63) is 41.5 Å². The van der Waals surface area contributed by atoms with E-state index in [1.54, 1.807) is 24.3 Å². The first-order valence-corrected chi connectivity index (χ1v) is 8.56. The molecule has 0 saturated carbocycles. The van der Waals surface area contributed by atoms with Crippen LogP contribution in [0.3, 0.4) is 0 Å². The summed E-state index contributed by atoms with van der Waals surface area (Å²) in [6.07, 6.45) is 8.88. The molecule has 5 nitrogen and oxygen atoms in total. The van der Waals surface area contributed by atoms with Gasteiger partial charge in [-0.1, -0.05) is 17.7 Å². The number of allylic oxidation sites excluding steroid dienone is 1. The number of hydrogen-bond donors (Lipinski definition) is 2. The SMILES string of the molecule is COC(=O)c1cccc(NC(=O)CCNCCC2=CCCCC2)c1. The van der Waals surface area contributed by atoms with Gasteiger partial charge in [-0.25, -0.2) is 4.79 Å². The Bertz CT molecular complexity index is 596. The van der Waals surface area contributed by atoms with Crippen LogP contribution >= 0.6 is 0 Å². The number of rotatable bonds is 8. The van der Waals surface area contributed by atoms with Crippen LogP contribution in [-0.4, -0.2) is 32.1 Å². The molecule has 0 fully saturated rings. The Morgan fingerprint density at radius 2 is 2.08 bits per heavy atom. The third-order valence-corrected chi connectivity index (χ3v) is 4.10. The Morgan fingerprint density at radius 3 is 2.83 bits per heavy atom. The lowest BCUT2D eigenvalue weighted by Crippen LogP contribution is -2.23. The van der Waals surface area contributed by atoms with Crippen molar-refractivity contribution < 1.29 is 14.3 Å². The molecule has 1 aromatic rings. The maximum Gasteiger partial charge on any atom is 0.337 e. The molecule has 130 valence electrons. The molecule has 0 radical (unpaired) electrons. The summed E-state index contributed by atoms with van der Waals surface area (Å²) in [6, 6.07) is 6.75.